The Bertz CT molecular complexity index is 702. The van der Waals surface area contributed by atoms with Crippen molar-refractivity contribution in [1.82, 2.24) is 15.0 Å². The summed E-state index contributed by atoms with van der Waals surface area (Å²) < 4.78 is 0. The lowest BCUT2D eigenvalue weighted by molar-refractivity contribution is 1.18. The third-order valence-electron chi connectivity index (χ3n) is 2.53. The van der Waals surface area contributed by atoms with Crippen LogP contribution in [0, 0.1) is 0 Å². The molecule has 96 valence electrons. The number of aryl methyl sites for hydroxylation is 1. The molecule has 0 aromatic carbocycles. The maximum absolute atomic E-state index is 4.27. The van der Waals surface area contributed by atoms with Gasteiger partial charge in [-0.05, 0) is 12.5 Å². The highest BCUT2D eigenvalue weighted by atomic mass is 32.1. The zero-order valence-electron chi connectivity index (χ0n) is 10.2. The molecule has 0 aliphatic rings. The van der Waals surface area contributed by atoms with E-state index in [4.69, 9.17) is 0 Å². The standard InChI is InChI=1S/C12H11N5S2/c1-2-8-5-9-11(14-7-15-12(9)19-8)17-16-6-10-13-3-4-18-10/h3-7H,2H2,1H3,(H,14,15,17). The molecule has 3 heterocycles. The van der Waals surface area contributed by atoms with E-state index < -0.39 is 0 Å². The van der Waals surface area contributed by atoms with E-state index >= 15 is 0 Å². The predicted molar refractivity (Wildman–Crippen MR) is 80.1 cm³/mol. The molecule has 0 aliphatic heterocycles. The average molecular weight is 289 g/mol. The van der Waals surface area contributed by atoms with Gasteiger partial charge >= 0.3 is 0 Å². The average Bonchev–Trinajstić information content (AvgIpc) is 3.07. The molecule has 1 N–H and O–H groups in total. The minimum absolute atomic E-state index is 0.730. The van der Waals surface area contributed by atoms with Crippen molar-refractivity contribution in [3.63, 3.8) is 0 Å². The van der Waals surface area contributed by atoms with Crippen LogP contribution < -0.4 is 5.43 Å². The number of rotatable bonds is 4. The Balaban J connectivity index is 1.86. The molecule has 0 fully saturated rings. The Labute approximate surface area is 118 Å². The lowest BCUT2D eigenvalue weighted by Crippen LogP contribution is -1.94. The third kappa shape index (κ3) is 2.61. The smallest absolute Gasteiger partial charge is 0.158 e. The normalized spacial score (nSPS) is 11.4. The van der Waals surface area contributed by atoms with Gasteiger partial charge in [0.1, 0.15) is 16.2 Å². The van der Waals surface area contributed by atoms with Crippen LogP contribution in [0.15, 0.2) is 29.1 Å². The number of aromatic nitrogens is 3. The van der Waals surface area contributed by atoms with Crippen molar-refractivity contribution in [3.8, 4) is 0 Å². The third-order valence-corrected chi connectivity index (χ3v) is 4.42. The van der Waals surface area contributed by atoms with Crippen molar-refractivity contribution in [2.75, 3.05) is 5.43 Å². The number of thiazole rings is 1. The van der Waals surface area contributed by atoms with Gasteiger partial charge in [0.25, 0.3) is 0 Å². The Morgan fingerprint density at radius 2 is 2.32 bits per heavy atom. The van der Waals surface area contributed by atoms with E-state index in [0.29, 0.717) is 0 Å². The number of hydrogen-bond acceptors (Lipinski definition) is 7. The Hall–Kier alpha value is -1.86. The molecule has 0 amide bonds. The topological polar surface area (TPSA) is 63.1 Å². The monoisotopic (exact) mass is 289 g/mol. The van der Waals surface area contributed by atoms with E-state index in [-0.39, 0.29) is 0 Å². The minimum Gasteiger partial charge on any atom is -0.261 e. The molecule has 3 aromatic heterocycles. The summed E-state index contributed by atoms with van der Waals surface area (Å²) in [6.07, 6.45) is 6.00. The van der Waals surface area contributed by atoms with E-state index in [1.165, 1.54) is 16.2 Å². The Morgan fingerprint density at radius 3 is 3.11 bits per heavy atom. The van der Waals surface area contributed by atoms with Gasteiger partial charge in [-0.1, -0.05) is 6.92 Å². The number of anilines is 1. The Morgan fingerprint density at radius 1 is 1.37 bits per heavy atom. The maximum Gasteiger partial charge on any atom is 0.158 e. The van der Waals surface area contributed by atoms with Gasteiger partial charge < -0.3 is 0 Å². The van der Waals surface area contributed by atoms with Gasteiger partial charge in [-0.15, -0.1) is 22.7 Å². The first-order valence-corrected chi connectivity index (χ1v) is 7.48. The van der Waals surface area contributed by atoms with E-state index in [9.17, 15) is 0 Å². The van der Waals surface area contributed by atoms with Crippen LogP contribution in [0.25, 0.3) is 10.2 Å². The summed E-state index contributed by atoms with van der Waals surface area (Å²) in [4.78, 5) is 14.9. The van der Waals surface area contributed by atoms with Crippen molar-refractivity contribution in [1.29, 1.82) is 0 Å². The van der Waals surface area contributed by atoms with Crippen molar-refractivity contribution in [3.05, 3.63) is 33.9 Å². The fraction of sp³-hybridized carbons (Fsp3) is 0.167. The summed E-state index contributed by atoms with van der Waals surface area (Å²) in [6, 6.07) is 2.11. The van der Waals surface area contributed by atoms with Crippen molar-refractivity contribution in [2.24, 2.45) is 5.10 Å². The number of nitrogens with one attached hydrogen (secondary N) is 1. The second-order valence-electron chi connectivity index (χ2n) is 3.75. The van der Waals surface area contributed by atoms with Crippen LogP contribution in [0.4, 0.5) is 5.82 Å². The number of thiophene rings is 1. The number of fused-ring (bicyclic) bond motifs is 1. The molecule has 5 nitrogen and oxygen atoms in total. The van der Waals surface area contributed by atoms with Gasteiger partial charge in [0, 0.05) is 16.5 Å². The number of nitrogens with zero attached hydrogens (tertiary/aromatic N) is 4. The number of hydrazone groups is 1. The first-order chi connectivity index (χ1) is 9.36. The van der Waals surface area contributed by atoms with Gasteiger partial charge in [-0.2, -0.15) is 5.10 Å². The van der Waals surface area contributed by atoms with Gasteiger partial charge in [0.2, 0.25) is 0 Å². The molecule has 0 radical (unpaired) electrons. The molecule has 0 atom stereocenters. The zero-order chi connectivity index (χ0) is 13.1. The predicted octanol–water partition coefficient (Wildman–Crippen LogP) is 3.16. The van der Waals surface area contributed by atoms with Crippen LogP contribution in [0.1, 0.15) is 16.8 Å². The van der Waals surface area contributed by atoms with Crippen molar-refractivity contribution < 1.29 is 0 Å². The SMILES string of the molecule is CCc1cc2c(NN=Cc3nccs3)ncnc2s1. The summed E-state index contributed by atoms with van der Waals surface area (Å²) in [5.74, 6) is 0.730. The highest BCUT2D eigenvalue weighted by Crippen LogP contribution is 2.28. The largest absolute Gasteiger partial charge is 0.261 e. The molecular weight excluding hydrogens is 278 g/mol. The number of hydrogen-bond donors (Lipinski definition) is 1. The minimum atomic E-state index is 0.730. The van der Waals surface area contributed by atoms with Gasteiger partial charge in [-0.3, -0.25) is 5.43 Å². The molecular formula is C12H11N5S2. The molecule has 3 rings (SSSR count). The van der Waals surface area contributed by atoms with E-state index in [2.05, 4.69) is 38.5 Å². The van der Waals surface area contributed by atoms with Gasteiger partial charge in [-0.25, -0.2) is 15.0 Å². The fourth-order valence-corrected chi connectivity index (χ4v) is 3.05. The first-order valence-electron chi connectivity index (χ1n) is 5.79. The molecule has 0 bridgehead atoms. The Kier molecular flexibility index (Phi) is 3.47. The van der Waals surface area contributed by atoms with Crippen LogP contribution >= 0.6 is 22.7 Å². The molecule has 0 saturated heterocycles. The van der Waals surface area contributed by atoms with Gasteiger partial charge in [0.05, 0.1) is 11.6 Å². The van der Waals surface area contributed by atoms with E-state index in [1.54, 1.807) is 30.1 Å². The molecule has 3 aromatic rings. The maximum atomic E-state index is 4.27. The van der Waals surface area contributed by atoms with Crippen LogP contribution in [0.2, 0.25) is 0 Å². The van der Waals surface area contributed by atoms with Crippen LogP contribution in [-0.4, -0.2) is 21.2 Å². The quantitative estimate of drug-likeness (QED) is 0.592. The molecule has 7 heteroatoms. The summed E-state index contributed by atoms with van der Waals surface area (Å²) >= 11 is 3.23. The van der Waals surface area contributed by atoms with Crippen LogP contribution in [0.3, 0.4) is 0 Å². The first kappa shape index (κ1) is 12.2. The summed E-state index contributed by atoms with van der Waals surface area (Å²) in [6.45, 7) is 2.13. The second-order valence-corrected chi connectivity index (χ2v) is 5.79. The highest BCUT2D eigenvalue weighted by molar-refractivity contribution is 7.18. The molecule has 0 unspecified atom stereocenters. The molecule has 0 spiro atoms. The van der Waals surface area contributed by atoms with Crippen molar-refractivity contribution in [2.45, 2.75) is 13.3 Å². The lowest BCUT2D eigenvalue weighted by Gasteiger charge is -1.98. The van der Waals surface area contributed by atoms with Crippen molar-refractivity contribution >= 4 is 44.9 Å². The van der Waals surface area contributed by atoms with Crippen LogP contribution in [-0.2, 0) is 6.42 Å². The lowest BCUT2D eigenvalue weighted by atomic mass is 10.3. The molecule has 19 heavy (non-hydrogen) atoms. The second kappa shape index (κ2) is 5.41. The summed E-state index contributed by atoms with van der Waals surface area (Å²) in [5, 5.41) is 7.94. The fourth-order valence-electron chi connectivity index (χ4n) is 1.62. The molecule has 0 aliphatic carbocycles. The molecule has 0 saturated carbocycles. The van der Waals surface area contributed by atoms with E-state index in [1.807, 2.05) is 5.38 Å². The van der Waals surface area contributed by atoms with Gasteiger partial charge in [0.15, 0.2) is 5.82 Å². The summed E-state index contributed by atoms with van der Waals surface area (Å²) in [5.41, 5.74) is 2.96. The van der Waals surface area contributed by atoms with Crippen LogP contribution in [0.5, 0.6) is 0 Å². The summed E-state index contributed by atoms with van der Waals surface area (Å²) in [7, 11) is 0. The highest BCUT2D eigenvalue weighted by Gasteiger charge is 2.06. The zero-order valence-corrected chi connectivity index (χ0v) is 11.8. The van der Waals surface area contributed by atoms with E-state index in [0.717, 1.165) is 27.5 Å².